The maximum atomic E-state index is 13.2. The van der Waals surface area contributed by atoms with E-state index in [0.717, 1.165) is 35.0 Å². The lowest BCUT2D eigenvalue weighted by Crippen LogP contribution is -2.15. The minimum absolute atomic E-state index is 0.0339. The second-order valence-corrected chi connectivity index (χ2v) is 14.6. The first-order valence-electron chi connectivity index (χ1n) is 13.3. The number of halogens is 1. The Morgan fingerprint density at radius 3 is 1.92 bits per heavy atom. The lowest BCUT2D eigenvalue weighted by atomic mass is 10.2. The molecule has 5 aromatic rings. The fourth-order valence-corrected chi connectivity index (χ4v) is 6.15. The minimum Gasteiger partial charge on any atom is -0.324 e. The Balaban J connectivity index is 1.43. The summed E-state index contributed by atoms with van der Waals surface area (Å²) in [6, 6.07) is 12.1. The van der Waals surface area contributed by atoms with Crippen LogP contribution in [0.1, 0.15) is 11.3 Å². The number of anilines is 4. The second-order valence-electron chi connectivity index (χ2n) is 10.1. The van der Waals surface area contributed by atoms with Crippen molar-refractivity contribution < 1.29 is 38.9 Å². The number of aromatic nitrogens is 5. The molecule has 0 radical (unpaired) electrons. The van der Waals surface area contributed by atoms with E-state index in [-0.39, 0.29) is 50.5 Å². The van der Waals surface area contributed by atoms with Crippen LogP contribution in [0.5, 0.6) is 0 Å². The molecule has 2 heterocycles. The van der Waals surface area contributed by atoms with Crippen molar-refractivity contribution in [2.45, 2.75) is 28.5 Å². The van der Waals surface area contributed by atoms with Crippen LogP contribution in [0.4, 0.5) is 34.6 Å². The number of aryl methyl sites for hydroxylation is 2. The highest BCUT2D eigenvalue weighted by Crippen LogP contribution is 2.31. The molecule has 0 unspecified atom stereocenters. The van der Waals surface area contributed by atoms with Crippen molar-refractivity contribution in [1.82, 2.24) is 24.7 Å². The van der Waals surface area contributed by atoms with Gasteiger partial charge in [0.15, 0.2) is 5.69 Å². The number of H-pyrrole nitrogens is 1. The SMILES string of the molecule is Cc1cc(-n2[nH]c(C)c(N=Nc3ccc(Nc4nc(Cl)nc(Nc5ccc(S(=O)(=O)O)cc5)n4)cc3S(=O)(=O)O)c2=O)cc(S(=O)(=O)O)c1. The first-order valence-corrected chi connectivity index (χ1v) is 18.0. The molecule has 0 saturated carbocycles. The van der Waals surface area contributed by atoms with E-state index in [0.29, 0.717) is 11.3 Å². The highest BCUT2D eigenvalue weighted by Gasteiger charge is 2.20. The van der Waals surface area contributed by atoms with Crippen LogP contribution >= 0.6 is 11.6 Å². The largest absolute Gasteiger partial charge is 0.324 e. The van der Waals surface area contributed by atoms with E-state index in [1.807, 2.05) is 0 Å². The molecule has 0 aliphatic heterocycles. The molecule has 256 valence electrons. The molecule has 0 amide bonds. The number of rotatable bonds is 10. The summed E-state index contributed by atoms with van der Waals surface area (Å²) >= 11 is 6.01. The van der Waals surface area contributed by atoms with Crippen molar-refractivity contribution in [3.8, 4) is 5.69 Å². The molecule has 3 aromatic carbocycles. The van der Waals surface area contributed by atoms with E-state index in [9.17, 15) is 39.2 Å². The topological polar surface area (TPSA) is 288 Å². The highest BCUT2D eigenvalue weighted by molar-refractivity contribution is 7.86. The predicted octanol–water partition coefficient (Wildman–Crippen LogP) is 4.26. The fourth-order valence-electron chi connectivity index (χ4n) is 4.26. The molecule has 0 bridgehead atoms. The lowest BCUT2D eigenvalue weighted by Gasteiger charge is -2.10. The van der Waals surface area contributed by atoms with Gasteiger partial charge in [-0.15, -0.1) is 10.2 Å². The van der Waals surface area contributed by atoms with E-state index < -0.39 is 45.7 Å². The first kappa shape index (κ1) is 35.2. The molecule has 19 nitrogen and oxygen atoms in total. The van der Waals surface area contributed by atoms with Gasteiger partial charge in [-0.1, -0.05) is 0 Å². The number of nitrogens with zero attached hydrogens (tertiary/aromatic N) is 6. The van der Waals surface area contributed by atoms with Gasteiger partial charge in [0.1, 0.15) is 10.6 Å². The number of benzene rings is 3. The minimum atomic E-state index is -4.92. The summed E-state index contributed by atoms with van der Waals surface area (Å²) in [7, 11) is -13.9. The summed E-state index contributed by atoms with van der Waals surface area (Å²) in [5.74, 6) is -0.278. The smallest absolute Gasteiger partial charge is 0.299 e. The zero-order chi connectivity index (χ0) is 35.9. The maximum Gasteiger partial charge on any atom is 0.299 e. The fraction of sp³-hybridized carbons (Fsp3) is 0.0769. The first-order chi connectivity index (χ1) is 22.8. The molecule has 0 atom stereocenters. The summed E-state index contributed by atoms with van der Waals surface area (Å²) in [5.41, 5.74) is -0.436. The average Bonchev–Trinajstić information content (AvgIpc) is 3.27. The lowest BCUT2D eigenvalue weighted by molar-refractivity contribution is 0.481. The zero-order valence-electron chi connectivity index (χ0n) is 24.8. The predicted molar refractivity (Wildman–Crippen MR) is 174 cm³/mol. The molecular weight excluding hydrogens is 730 g/mol. The van der Waals surface area contributed by atoms with Gasteiger partial charge in [0.05, 0.1) is 21.2 Å². The van der Waals surface area contributed by atoms with Crippen LogP contribution in [-0.4, -0.2) is 63.6 Å². The average molecular weight is 752 g/mol. The van der Waals surface area contributed by atoms with Crippen molar-refractivity contribution >= 4 is 76.6 Å². The quantitative estimate of drug-likeness (QED) is 0.0858. The Morgan fingerprint density at radius 2 is 1.33 bits per heavy atom. The van der Waals surface area contributed by atoms with Crippen LogP contribution in [-0.2, 0) is 30.4 Å². The van der Waals surface area contributed by atoms with Crippen molar-refractivity contribution in [3.63, 3.8) is 0 Å². The van der Waals surface area contributed by atoms with Crippen LogP contribution in [0.25, 0.3) is 5.69 Å². The normalized spacial score (nSPS) is 12.4. The summed E-state index contributed by atoms with van der Waals surface area (Å²) in [6.45, 7) is 3.01. The Labute approximate surface area is 282 Å². The van der Waals surface area contributed by atoms with Gasteiger partial charge in [-0.25, -0.2) is 4.68 Å². The van der Waals surface area contributed by atoms with E-state index >= 15 is 0 Å². The van der Waals surface area contributed by atoms with Gasteiger partial charge in [0, 0.05) is 11.4 Å². The molecule has 5 rings (SSSR count). The van der Waals surface area contributed by atoms with E-state index in [1.54, 1.807) is 6.92 Å². The molecule has 0 aliphatic carbocycles. The molecule has 0 fully saturated rings. The second kappa shape index (κ2) is 13.1. The zero-order valence-corrected chi connectivity index (χ0v) is 28.0. The van der Waals surface area contributed by atoms with Crippen molar-refractivity contribution in [3.05, 3.63) is 87.6 Å². The Morgan fingerprint density at radius 1 is 0.735 bits per heavy atom. The number of azo groups is 1. The molecule has 23 heteroatoms. The molecule has 0 spiro atoms. The molecule has 0 saturated heterocycles. The van der Waals surface area contributed by atoms with E-state index in [1.165, 1.54) is 37.3 Å². The molecule has 49 heavy (non-hydrogen) atoms. The molecule has 2 aromatic heterocycles. The number of hydrogen-bond acceptors (Lipinski definition) is 14. The van der Waals surface area contributed by atoms with Crippen molar-refractivity contribution in [2.75, 3.05) is 10.6 Å². The van der Waals surface area contributed by atoms with Gasteiger partial charge in [0.2, 0.25) is 17.2 Å². The Kier molecular flexibility index (Phi) is 9.40. The summed E-state index contributed by atoms with van der Waals surface area (Å²) in [4.78, 5) is 23.6. The van der Waals surface area contributed by atoms with Gasteiger partial charge in [-0.2, -0.15) is 40.2 Å². The number of aromatic amines is 1. The third kappa shape index (κ3) is 8.32. The van der Waals surface area contributed by atoms with E-state index in [4.69, 9.17) is 16.2 Å². The van der Waals surface area contributed by atoms with Crippen molar-refractivity contribution in [2.24, 2.45) is 10.2 Å². The maximum absolute atomic E-state index is 13.2. The monoisotopic (exact) mass is 751 g/mol. The van der Waals surface area contributed by atoms with Gasteiger partial charge >= 0.3 is 0 Å². The number of nitrogens with one attached hydrogen (secondary N) is 3. The summed E-state index contributed by atoms with van der Waals surface area (Å²) in [6.07, 6.45) is 0. The van der Waals surface area contributed by atoms with Crippen LogP contribution in [0.2, 0.25) is 5.28 Å². The van der Waals surface area contributed by atoms with E-state index in [2.05, 4.69) is 40.9 Å². The molecule has 6 N–H and O–H groups in total. The van der Waals surface area contributed by atoms with Gasteiger partial charge in [-0.05, 0) is 91.7 Å². The third-order valence-corrected chi connectivity index (χ3v) is 9.15. The van der Waals surface area contributed by atoms with Crippen LogP contribution in [0.15, 0.2) is 90.4 Å². The molecular formula is C26H22ClN9O10S3. The van der Waals surface area contributed by atoms with Gasteiger partial charge in [0.25, 0.3) is 35.9 Å². The molecule has 0 aliphatic rings. The van der Waals surface area contributed by atoms with Crippen molar-refractivity contribution in [1.29, 1.82) is 0 Å². The Hall–Kier alpha value is -5.10. The standard InChI is InChI=1S/C26H22ClN9O10S3/c1-13-9-17(12-19(10-13)48(41,42)43)36-23(37)22(14(2)35-36)34-33-20-8-5-16(11-21(20)49(44,45)46)29-26-31-24(27)30-25(32-26)28-15-3-6-18(7-4-15)47(38,39)40/h3-12,35H,1-2H3,(H,38,39,40)(H,41,42,43)(H,44,45,46)(H2,28,29,30,31,32). The van der Waals surface area contributed by atoms with Crippen LogP contribution in [0, 0.1) is 13.8 Å². The van der Waals surface area contributed by atoms with Crippen LogP contribution < -0.4 is 16.2 Å². The third-order valence-electron chi connectivity index (χ3n) is 6.40. The van der Waals surface area contributed by atoms with Gasteiger partial charge in [-0.3, -0.25) is 23.6 Å². The number of hydrogen-bond donors (Lipinski definition) is 6. The Bertz CT molecular complexity index is 2540. The summed E-state index contributed by atoms with van der Waals surface area (Å²) < 4.78 is 99.9. The van der Waals surface area contributed by atoms with Crippen LogP contribution in [0.3, 0.4) is 0 Å². The van der Waals surface area contributed by atoms with Gasteiger partial charge < -0.3 is 10.6 Å². The highest BCUT2D eigenvalue weighted by atomic mass is 35.5. The summed E-state index contributed by atoms with van der Waals surface area (Å²) in [5, 5.41) is 15.6.